The number of hydrogen-bond donors (Lipinski definition) is 0. The summed E-state index contributed by atoms with van der Waals surface area (Å²) < 4.78 is 7.01. The predicted octanol–water partition coefficient (Wildman–Crippen LogP) is 4.63. The third-order valence-corrected chi connectivity index (χ3v) is 5.09. The first-order valence-corrected chi connectivity index (χ1v) is 9.51. The average molecular weight is 374 g/mol. The topological polar surface area (TPSA) is 52.8 Å². The van der Waals surface area contributed by atoms with E-state index in [0.717, 1.165) is 27.8 Å². The minimum Gasteiger partial charge on any atom is -0.497 e. The second kappa shape index (κ2) is 8.05. The normalized spacial score (nSPS) is 10.7. The number of methoxy groups -OCH3 is 1. The number of benzene rings is 2. The van der Waals surface area contributed by atoms with Gasteiger partial charge in [-0.1, -0.05) is 42.1 Å². The van der Waals surface area contributed by atoms with Crippen LogP contribution in [0.4, 0.5) is 0 Å². The van der Waals surface area contributed by atoms with Gasteiger partial charge in [-0.25, -0.2) is 4.68 Å². The molecule has 6 heteroatoms. The van der Waals surface area contributed by atoms with E-state index in [1.54, 1.807) is 29.8 Å². The van der Waals surface area contributed by atoms with Crippen molar-refractivity contribution in [3.63, 3.8) is 0 Å². The van der Waals surface area contributed by atoms with E-state index < -0.39 is 0 Å². The van der Waals surface area contributed by atoms with Gasteiger partial charge in [0, 0.05) is 11.3 Å². The molecule has 0 spiro atoms. The van der Waals surface area contributed by atoms with Crippen LogP contribution < -0.4 is 4.74 Å². The molecule has 0 fully saturated rings. The van der Waals surface area contributed by atoms with Gasteiger partial charge in [0.2, 0.25) is 0 Å². The number of nitrogens with zero attached hydrogens (tertiary/aromatic N) is 4. The Balaban J connectivity index is 1.51. The minimum atomic E-state index is 0.690. The molecule has 2 aromatic carbocycles. The number of rotatable bonds is 6. The summed E-state index contributed by atoms with van der Waals surface area (Å²) >= 11 is 1.67. The van der Waals surface area contributed by atoms with E-state index in [1.807, 2.05) is 60.7 Å². The van der Waals surface area contributed by atoms with Gasteiger partial charge in [0.1, 0.15) is 10.8 Å². The van der Waals surface area contributed by atoms with E-state index in [2.05, 4.69) is 27.4 Å². The first kappa shape index (κ1) is 17.3. The van der Waals surface area contributed by atoms with Crippen molar-refractivity contribution in [1.29, 1.82) is 0 Å². The van der Waals surface area contributed by atoms with Crippen LogP contribution in [0.2, 0.25) is 0 Å². The standard InChI is InChI=1S/C21H18N4OS/c1-26-18-9-7-17(8-10-18)19-13-14-22-25(19)20-11-12-21(24-23-20)27-15-16-5-3-2-4-6-16/h2-14H,15H2,1H3. The molecule has 2 heterocycles. The van der Waals surface area contributed by atoms with Gasteiger partial charge in [0.05, 0.1) is 19.0 Å². The smallest absolute Gasteiger partial charge is 0.176 e. The SMILES string of the molecule is COc1ccc(-c2ccnn2-c2ccc(SCc3ccccc3)nn2)cc1. The number of thioether (sulfide) groups is 1. The highest BCUT2D eigenvalue weighted by Crippen LogP contribution is 2.25. The Labute approximate surface area is 162 Å². The Bertz CT molecular complexity index is 999. The molecule has 0 radical (unpaired) electrons. The summed E-state index contributed by atoms with van der Waals surface area (Å²) in [7, 11) is 1.66. The van der Waals surface area contributed by atoms with Crippen molar-refractivity contribution >= 4 is 11.8 Å². The Hall–Kier alpha value is -3.12. The van der Waals surface area contributed by atoms with E-state index >= 15 is 0 Å². The van der Waals surface area contributed by atoms with Crippen LogP contribution in [0.25, 0.3) is 17.1 Å². The van der Waals surface area contributed by atoms with E-state index in [9.17, 15) is 0 Å². The maximum atomic E-state index is 5.22. The Morgan fingerprint density at radius 2 is 1.70 bits per heavy atom. The third kappa shape index (κ3) is 4.01. The van der Waals surface area contributed by atoms with Gasteiger partial charge in [0.25, 0.3) is 0 Å². The zero-order valence-corrected chi connectivity index (χ0v) is 15.6. The zero-order chi connectivity index (χ0) is 18.5. The monoisotopic (exact) mass is 374 g/mol. The van der Waals surface area contributed by atoms with Crippen molar-refractivity contribution in [1.82, 2.24) is 20.0 Å². The number of ether oxygens (including phenoxy) is 1. The van der Waals surface area contributed by atoms with Crippen molar-refractivity contribution in [2.45, 2.75) is 10.8 Å². The quantitative estimate of drug-likeness (QED) is 0.461. The van der Waals surface area contributed by atoms with Crippen LogP contribution in [0.3, 0.4) is 0 Å². The molecule has 0 aliphatic rings. The summed E-state index contributed by atoms with van der Waals surface area (Å²) in [5, 5.41) is 14.0. The lowest BCUT2D eigenvalue weighted by Gasteiger charge is -2.08. The molecule has 0 atom stereocenters. The molecule has 0 amide bonds. The second-order valence-electron chi connectivity index (χ2n) is 5.86. The van der Waals surface area contributed by atoms with E-state index in [-0.39, 0.29) is 0 Å². The molecule has 0 saturated carbocycles. The Morgan fingerprint density at radius 3 is 2.41 bits per heavy atom. The second-order valence-corrected chi connectivity index (χ2v) is 6.86. The third-order valence-electron chi connectivity index (χ3n) is 4.10. The van der Waals surface area contributed by atoms with Gasteiger partial charge in [-0.2, -0.15) is 5.10 Å². The van der Waals surface area contributed by atoms with Crippen molar-refractivity contribution in [3.8, 4) is 22.8 Å². The largest absolute Gasteiger partial charge is 0.497 e. The molecule has 0 unspecified atom stereocenters. The highest BCUT2D eigenvalue weighted by molar-refractivity contribution is 7.98. The molecule has 5 nitrogen and oxygen atoms in total. The molecular weight excluding hydrogens is 356 g/mol. The molecular formula is C21H18N4OS. The molecule has 2 aromatic heterocycles. The Kier molecular flexibility index (Phi) is 5.16. The van der Waals surface area contributed by atoms with Gasteiger partial charge >= 0.3 is 0 Å². The van der Waals surface area contributed by atoms with Crippen LogP contribution >= 0.6 is 11.8 Å². The minimum absolute atomic E-state index is 0.690. The van der Waals surface area contributed by atoms with Gasteiger partial charge in [0.15, 0.2) is 5.82 Å². The first-order chi connectivity index (χ1) is 13.3. The summed E-state index contributed by atoms with van der Waals surface area (Å²) in [4.78, 5) is 0. The van der Waals surface area contributed by atoms with E-state index in [0.29, 0.717) is 5.82 Å². The van der Waals surface area contributed by atoms with Gasteiger partial charge < -0.3 is 4.74 Å². The molecule has 0 aliphatic heterocycles. The summed E-state index contributed by atoms with van der Waals surface area (Å²) in [6.45, 7) is 0. The van der Waals surface area contributed by atoms with Crippen LogP contribution in [-0.2, 0) is 5.75 Å². The summed E-state index contributed by atoms with van der Waals surface area (Å²) in [6.07, 6.45) is 1.76. The van der Waals surface area contributed by atoms with Crippen molar-refractivity contribution in [3.05, 3.63) is 84.6 Å². The van der Waals surface area contributed by atoms with E-state index in [1.165, 1.54) is 5.56 Å². The van der Waals surface area contributed by atoms with Crippen LogP contribution in [0.15, 0.2) is 84.0 Å². The molecule has 27 heavy (non-hydrogen) atoms. The first-order valence-electron chi connectivity index (χ1n) is 8.53. The lowest BCUT2D eigenvalue weighted by molar-refractivity contribution is 0.415. The van der Waals surface area contributed by atoms with Gasteiger partial charge in [-0.15, -0.1) is 10.2 Å². The molecule has 4 rings (SSSR count). The maximum absolute atomic E-state index is 5.22. The molecule has 0 saturated heterocycles. The molecule has 134 valence electrons. The van der Waals surface area contributed by atoms with Crippen LogP contribution in [-0.4, -0.2) is 27.1 Å². The average Bonchev–Trinajstić information content (AvgIpc) is 3.23. The molecule has 0 N–H and O–H groups in total. The Morgan fingerprint density at radius 1 is 0.889 bits per heavy atom. The zero-order valence-electron chi connectivity index (χ0n) is 14.8. The molecule has 0 aliphatic carbocycles. The summed E-state index contributed by atoms with van der Waals surface area (Å²) in [5.41, 5.74) is 3.26. The van der Waals surface area contributed by atoms with Crippen LogP contribution in [0.1, 0.15) is 5.56 Å². The fourth-order valence-electron chi connectivity index (χ4n) is 2.70. The fourth-order valence-corrected chi connectivity index (χ4v) is 3.47. The summed E-state index contributed by atoms with van der Waals surface area (Å²) in [5.74, 6) is 2.38. The van der Waals surface area contributed by atoms with Crippen molar-refractivity contribution in [2.24, 2.45) is 0 Å². The highest BCUT2D eigenvalue weighted by Gasteiger charge is 2.09. The van der Waals surface area contributed by atoms with E-state index in [4.69, 9.17) is 4.74 Å². The molecule has 4 aromatic rings. The van der Waals surface area contributed by atoms with Crippen LogP contribution in [0.5, 0.6) is 5.75 Å². The predicted molar refractivity (Wildman–Crippen MR) is 107 cm³/mol. The summed E-state index contributed by atoms with van der Waals surface area (Å²) in [6, 6.07) is 24.1. The van der Waals surface area contributed by atoms with Crippen molar-refractivity contribution in [2.75, 3.05) is 7.11 Å². The highest BCUT2D eigenvalue weighted by atomic mass is 32.2. The number of hydrogen-bond acceptors (Lipinski definition) is 5. The van der Waals surface area contributed by atoms with Crippen molar-refractivity contribution < 1.29 is 4.74 Å². The maximum Gasteiger partial charge on any atom is 0.176 e. The number of aromatic nitrogens is 4. The lowest BCUT2D eigenvalue weighted by atomic mass is 10.1. The van der Waals surface area contributed by atoms with Crippen LogP contribution in [0, 0.1) is 0 Å². The lowest BCUT2D eigenvalue weighted by Crippen LogP contribution is -2.03. The molecule has 0 bridgehead atoms. The fraction of sp³-hybridized carbons (Fsp3) is 0.0952. The van der Waals surface area contributed by atoms with Gasteiger partial charge in [-0.05, 0) is 48.0 Å². The van der Waals surface area contributed by atoms with Gasteiger partial charge in [-0.3, -0.25) is 0 Å².